The minimum Gasteiger partial charge on any atom is -0.466 e. The molecule has 0 fully saturated rings. The molecule has 0 heterocycles. The fourth-order valence-corrected chi connectivity index (χ4v) is 3.59. The molecule has 2 aromatic rings. The van der Waals surface area contributed by atoms with Crippen LogP contribution in [0.3, 0.4) is 0 Å². The van der Waals surface area contributed by atoms with E-state index in [2.05, 4.69) is 16.0 Å². The predicted octanol–water partition coefficient (Wildman–Crippen LogP) is 3.34. The van der Waals surface area contributed by atoms with Gasteiger partial charge in [0.05, 0.1) is 23.6 Å². The molecular weight excluding hydrogens is 374 g/mol. The summed E-state index contributed by atoms with van der Waals surface area (Å²) in [7, 11) is -2.70. The van der Waals surface area contributed by atoms with Gasteiger partial charge in [-0.05, 0) is 23.8 Å². The predicted molar refractivity (Wildman–Crippen MR) is 102 cm³/mol. The highest BCUT2D eigenvalue weighted by atomic mass is 35.5. The Bertz CT molecular complexity index is 909. The Morgan fingerprint density at radius 1 is 1.12 bits per heavy atom. The lowest BCUT2D eigenvalue weighted by Gasteiger charge is -2.17. The number of hydrogen-bond acceptors (Lipinski definition) is 4. The highest BCUT2D eigenvalue weighted by Gasteiger charge is 2.25. The summed E-state index contributed by atoms with van der Waals surface area (Å²) < 4.78 is 32.3. The third-order valence-corrected chi connectivity index (χ3v) is 5.32. The molecule has 0 aromatic heterocycles. The number of rotatable bonds is 7. The fourth-order valence-electron chi connectivity index (χ4n) is 2.14. The lowest BCUT2D eigenvalue weighted by Crippen LogP contribution is -2.37. The molecule has 2 aromatic carbocycles. The number of nitrogens with one attached hydrogen (secondary N) is 1. The lowest BCUT2D eigenvalue weighted by molar-refractivity contribution is -0.136. The summed E-state index contributed by atoms with van der Waals surface area (Å²) >= 11 is 6.30. The van der Waals surface area contributed by atoms with Crippen molar-refractivity contribution in [2.45, 2.75) is 10.9 Å². The number of benzene rings is 2. The van der Waals surface area contributed by atoms with Crippen LogP contribution < -0.4 is 4.72 Å². The van der Waals surface area contributed by atoms with Gasteiger partial charge in [-0.3, -0.25) is 0 Å². The third-order valence-electron chi connectivity index (χ3n) is 3.52. The summed E-state index contributed by atoms with van der Waals surface area (Å²) in [4.78, 5) is 11.9. The molecule has 26 heavy (non-hydrogen) atoms. The van der Waals surface area contributed by atoms with E-state index in [0.29, 0.717) is 5.56 Å². The molecule has 1 unspecified atom stereocenters. The Labute approximate surface area is 158 Å². The van der Waals surface area contributed by atoms with Crippen molar-refractivity contribution in [1.29, 1.82) is 0 Å². The van der Waals surface area contributed by atoms with Gasteiger partial charge in [-0.15, -0.1) is 0 Å². The number of sulfonamides is 1. The van der Waals surface area contributed by atoms with Gasteiger partial charge in [0.1, 0.15) is 0 Å². The van der Waals surface area contributed by atoms with Crippen LogP contribution in [-0.4, -0.2) is 27.5 Å². The van der Waals surface area contributed by atoms with Crippen LogP contribution in [0.4, 0.5) is 0 Å². The molecule has 0 bridgehead atoms. The van der Waals surface area contributed by atoms with E-state index >= 15 is 0 Å². The van der Waals surface area contributed by atoms with Crippen molar-refractivity contribution in [1.82, 2.24) is 4.72 Å². The Morgan fingerprint density at radius 3 is 2.19 bits per heavy atom. The Hall–Kier alpha value is -2.41. The first kappa shape index (κ1) is 19.9. The van der Waals surface area contributed by atoms with E-state index in [0.717, 1.165) is 0 Å². The van der Waals surface area contributed by atoms with Crippen LogP contribution in [0.5, 0.6) is 0 Å². The van der Waals surface area contributed by atoms with Crippen LogP contribution in [0.1, 0.15) is 5.56 Å². The molecule has 5 nitrogen and oxygen atoms in total. The molecule has 0 radical (unpaired) electrons. The quantitative estimate of drug-likeness (QED) is 0.580. The first-order chi connectivity index (χ1) is 12.3. The monoisotopic (exact) mass is 391 g/mol. The first-order valence-corrected chi connectivity index (χ1v) is 9.48. The van der Waals surface area contributed by atoms with Crippen molar-refractivity contribution >= 4 is 32.6 Å². The topological polar surface area (TPSA) is 72.5 Å². The van der Waals surface area contributed by atoms with Crippen LogP contribution >= 0.6 is 11.6 Å². The molecule has 0 spiro atoms. The van der Waals surface area contributed by atoms with Gasteiger partial charge in [0, 0.05) is 5.03 Å². The van der Waals surface area contributed by atoms with Crippen molar-refractivity contribution in [2.75, 3.05) is 7.11 Å². The minimum atomic E-state index is -3.90. The normalized spacial score (nSPS) is 13.1. The van der Waals surface area contributed by atoms with Crippen molar-refractivity contribution < 1.29 is 17.9 Å². The summed E-state index contributed by atoms with van der Waals surface area (Å²) in [5, 5.41) is 0.274. The molecule has 0 aliphatic carbocycles. The molecule has 0 amide bonds. The van der Waals surface area contributed by atoms with E-state index < -0.39 is 22.0 Å². The van der Waals surface area contributed by atoms with Gasteiger partial charge < -0.3 is 4.74 Å². The zero-order chi connectivity index (χ0) is 19.2. The molecule has 136 valence electrons. The molecule has 2 rings (SSSR count). The molecule has 0 aliphatic rings. The zero-order valence-electron chi connectivity index (χ0n) is 14.1. The van der Waals surface area contributed by atoms with E-state index in [1.54, 1.807) is 42.5 Å². The first-order valence-electron chi connectivity index (χ1n) is 7.62. The second-order valence-electron chi connectivity index (χ2n) is 5.31. The van der Waals surface area contributed by atoms with Crippen LogP contribution in [0.2, 0.25) is 0 Å². The van der Waals surface area contributed by atoms with Crippen LogP contribution in [0.25, 0.3) is 5.03 Å². The van der Waals surface area contributed by atoms with Crippen LogP contribution in [0.15, 0.2) is 83.8 Å². The van der Waals surface area contributed by atoms with Gasteiger partial charge in [0.15, 0.2) is 0 Å². The van der Waals surface area contributed by atoms with E-state index in [9.17, 15) is 13.2 Å². The molecule has 1 atom stereocenters. The van der Waals surface area contributed by atoms with Crippen molar-refractivity contribution in [3.05, 3.63) is 84.5 Å². The largest absolute Gasteiger partial charge is 0.466 e. The number of carbonyl (C=O) groups excluding carboxylic acids is 1. The van der Waals surface area contributed by atoms with Crippen molar-refractivity contribution in [3.63, 3.8) is 0 Å². The second kappa shape index (κ2) is 8.80. The van der Waals surface area contributed by atoms with E-state index in [4.69, 9.17) is 11.6 Å². The number of hydrogen-bond donors (Lipinski definition) is 1. The summed E-state index contributed by atoms with van der Waals surface area (Å²) in [6.07, 6.45) is 1.41. The maximum Gasteiger partial charge on any atom is 0.335 e. The highest BCUT2D eigenvalue weighted by Crippen LogP contribution is 2.22. The summed E-state index contributed by atoms with van der Waals surface area (Å²) in [5.74, 6) is -0.737. The van der Waals surface area contributed by atoms with Crippen molar-refractivity contribution in [3.8, 4) is 0 Å². The van der Waals surface area contributed by atoms with Crippen molar-refractivity contribution in [2.24, 2.45) is 0 Å². The van der Waals surface area contributed by atoms with E-state index in [1.807, 2.05) is 6.07 Å². The van der Waals surface area contributed by atoms with E-state index in [-0.39, 0.29) is 15.5 Å². The average Bonchev–Trinajstić information content (AvgIpc) is 2.67. The van der Waals surface area contributed by atoms with Crippen LogP contribution in [0, 0.1) is 0 Å². The molecule has 7 heteroatoms. The van der Waals surface area contributed by atoms with Gasteiger partial charge in [-0.25, -0.2) is 13.2 Å². The second-order valence-corrected chi connectivity index (χ2v) is 7.43. The fraction of sp³-hybridized carbons (Fsp3) is 0.105. The van der Waals surface area contributed by atoms with Gasteiger partial charge in [-0.2, -0.15) is 4.72 Å². The van der Waals surface area contributed by atoms with Gasteiger partial charge in [0.25, 0.3) is 0 Å². The Morgan fingerprint density at radius 2 is 1.65 bits per heavy atom. The third kappa shape index (κ3) is 5.05. The minimum absolute atomic E-state index is 0.0619. The highest BCUT2D eigenvalue weighted by molar-refractivity contribution is 7.89. The number of methoxy groups -OCH3 is 1. The van der Waals surface area contributed by atoms with Gasteiger partial charge in [0.2, 0.25) is 10.0 Å². The van der Waals surface area contributed by atoms with E-state index in [1.165, 1.54) is 25.3 Å². The van der Waals surface area contributed by atoms with Gasteiger partial charge in [-0.1, -0.05) is 66.7 Å². The molecule has 0 aliphatic heterocycles. The smallest absolute Gasteiger partial charge is 0.335 e. The SMILES string of the molecule is C=C(C(=O)OC)C(/C=C(\Cl)c1ccccc1)NS(=O)(=O)c1ccccc1. The molecule has 0 saturated heterocycles. The number of ether oxygens (including phenoxy) is 1. The maximum absolute atomic E-state index is 12.6. The maximum atomic E-state index is 12.6. The Kier molecular flexibility index (Phi) is 6.74. The molecule has 1 N–H and O–H groups in total. The lowest BCUT2D eigenvalue weighted by atomic mass is 10.1. The molecule has 0 saturated carbocycles. The zero-order valence-corrected chi connectivity index (χ0v) is 15.6. The average molecular weight is 392 g/mol. The number of carbonyl (C=O) groups is 1. The number of halogens is 1. The Balaban J connectivity index is 2.39. The standard InChI is InChI=1S/C19H18ClNO4S/c1-14(19(22)25-2)18(13-17(20)15-9-5-3-6-10-15)21-26(23,24)16-11-7-4-8-12-16/h3-13,18,21H,1H2,2H3/b17-13-. The summed E-state index contributed by atoms with van der Waals surface area (Å²) in [6.45, 7) is 3.65. The summed E-state index contributed by atoms with van der Waals surface area (Å²) in [6, 6.07) is 15.7. The number of esters is 1. The summed E-state index contributed by atoms with van der Waals surface area (Å²) in [5.41, 5.74) is 0.594. The van der Waals surface area contributed by atoms with Gasteiger partial charge >= 0.3 is 5.97 Å². The molecular formula is C19H18ClNO4S. The van der Waals surface area contributed by atoms with Crippen LogP contribution in [-0.2, 0) is 19.6 Å².